The van der Waals surface area contributed by atoms with Crippen molar-refractivity contribution in [2.24, 2.45) is 0 Å². The molecule has 0 spiro atoms. The number of aliphatic hydroxyl groups is 1. The highest BCUT2D eigenvalue weighted by atomic mass is 16.3. The number of hydrogen-bond donors (Lipinski definition) is 4. The number of rotatable bonds is 13. The molecule has 7 rings (SSSR count). The van der Waals surface area contributed by atoms with Crippen LogP contribution in [0.15, 0.2) is 122 Å². The Morgan fingerprint density at radius 3 is 1.81 bits per heavy atom. The number of likely N-dealkylation sites (tertiary alicyclic amines) is 1. The number of aliphatic hydroxyl groups excluding tert-OH is 1. The first kappa shape index (κ1) is 46.1. The Hall–Kier alpha value is -5.56. The van der Waals surface area contributed by atoms with Crippen LogP contribution in [0.4, 0.5) is 0 Å². The number of nitrogens with one attached hydrogen (secondary N) is 3. The van der Waals surface area contributed by atoms with Crippen LogP contribution in [0.2, 0.25) is 0 Å². The summed E-state index contributed by atoms with van der Waals surface area (Å²) in [5.74, 6) is 1.91. The van der Waals surface area contributed by atoms with Crippen molar-refractivity contribution in [3.8, 4) is 33.6 Å². The quantitative estimate of drug-likeness (QED) is 0.0879. The van der Waals surface area contributed by atoms with Gasteiger partial charge in [0.2, 0.25) is 0 Å². The molecule has 0 aliphatic carbocycles. The first-order valence-corrected chi connectivity index (χ1v) is 20.2. The van der Waals surface area contributed by atoms with Crippen molar-refractivity contribution in [1.29, 1.82) is 0 Å². The lowest BCUT2D eigenvalue weighted by Gasteiger charge is -2.18. The Balaban J connectivity index is 0.000000260. The van der Waals surface area contributed by atoms with Crippen molar-refractivity contribution in [3.05, 3.63) is 144 Å². The minimum atomic E-state index is -0.285. The van der Waals surface area contributed by atoms with Gasteiger partial charge in [-0.15, -0.1) is 0 Å². The summed E-state index contributed by atoms with van der Waals surface area (Å²) in [7, 11) is 11.7. The first-order valence-electron chi connectivity index (χ1n) is 20.2. The SMILES string of the molecule is CCCN(C)Cc1ncc(-c2ccc(-c3ccc(-c4cnc(C5CC(O)CN5C)[nH]4)cc3)cc2)[nH]1.CN(C)C(C=O)c1ccccc1.CNC.O=CCc1ccccc1. The summed E-state index contributed by atoms with van der Waals surface area (Å²) >= 11 is 0. The molecule has 0 saturated carbocycles. The van der Waals surface area contributed by atoms with Crippen LogP contribution in [-0.2, 0) is 22.6 Å². The van der Waals surface area contributed by atoms with E-state index in [-0.39, 0.29) is 18.2 Å². The molecule has 11 nitrogen and oxygen atoms in total. The van der Waals surface area contributed by atoms with E-state index in [1.165, 1.54) is 11.1 Å². The Morgan fingerprint density at radius 2 is 1.32 bits per heavy atom. The fourth-order valence-electron chi connectivity index (χ4n) is 6.79. The van der Waals surface area contributed by atoms with Crippen LogP contribution in [0.3, 0.4) is 0 Å². The molecule has 2 aromatic heterocycles. The summed E-state index contributed by atoms with van der Waals surface area (Å²) in [6, 6.07) is 36.6. The Bertz CT molecular complexity index is 2070. The van der Waals surface area contributed by atoms with Gasteiger partial charge in [-0.1, -0.05) is 116 Å². The molecule has 1 fully saturated rings. The van der Waals surface area contributed by atoms with E-state index in [0.29, 0.717) is 19.4 Å². The second kappa shape index (κ2) is 24.4. The molecular formula is C48H62N8O3. The van der Waals surface area contributed by atoms with Crippen LogP contribution in [-0.4, -0.2) is 114 Å². The van der Waals surface area contributed by atoms with Gasteiger partial charge in [-0.2, -0.15) is 0 Å². The van der Waals surface area contributed by atoms with Gasteiger partial charge in [0.05, 0.1) is 48.5 Å². The highest BCUT2D eigenvalue weighted by Gasteiger charge is 2.31. The summed E-state index contributed by atoms with van der Waals surface area (Å²) in [5.41, 5.74) is 8.74. The average molecular weight is 799 g/mol. The third-order valence-electron chi connectivity index (χ3n) is 9.80. The largest absolute Gasteiger partial charge is 0.392 e. The Morgan fingerprint density at radius 1 is 0.797 bits per heavy atom. The van der Waals surface area contributed by atoms with E-state index in [1.807, 2.05) is 113 Å². The number of nitrogens with zero attached hydrogens (tertiary/aromatic N) is 5. The highest BCUT2D eigenvalue weighted by Crippen LogP contribution is 2.31. The van der Waals surface area contributed by atoms with Gasteiger partial charge in [0.1, 0.15) is 24.2 Å². The summed E-state index contributed by atoms with van der Waals surface area (Å²) in [6.07, 6.45) is 7.77. The van der Waals surface area contributed by atoms with Gasteiger partial charge in [0, 0.05) is 13.0 Å². The van der Waals surface area contributed by atoms with Gasteiger partial charge in [-0.25, -0.2) is 9.97 Å². The number of carbonyl (C=O) groups is 2. The number of imidazole rings is 2. The zero-order valence-electron chi connectivity index (χ0n) is 35.7. The van der Waals surface area contributed by atoms with Gasteiger partial charge in [-0.3, -0.25) is 14.7 Å². The number of hydrogen-bond acceptors (Lipinski definition) is 9. The maximum absolute atomic E-state index is 10.7. The summed E-state index contributed by atoms with van der Waals surface area (Å²) < 4.78 is 0. The minimum absolute atomic E-state index is 0.119. The van der Waals surface area contributed by atoms with E-state index in [0.717, 1.165) is 77.4 Å². The monoisotopic (exact) mass is 798 g/mol. The van der Waals surface area contributed by atoms with E-state index in [4.69, 9.17) is 0 Å². The van der Waals surface area contributed by atoms with E-state index in [1.54, 1.807) is 0 Å². The zero-order chi connectivity index (χ0) is 42.6. The fourth-order valence-corrected chi connectivity index (χ4v) is 6.79. The van der Waals surface area contributed by atoms with Crippen molar-refractivity contribution in [3.63, 3.8) is 0 Å². The molecule has 1 aliphatic heterocycles. The minimum Gasteiger partial charge on any atom is -0.392 e. The Kier molecular flexibility index (Phi) is 19.1. The average Bonchev–Trinajstić information content (AvgIpc) is 4.00. The van der Waals surface area contributed by atoms with Crippen LogP contribution < -0.4 is 5.32 Å². The molecule has 4 aromatic carbocycles. The van der Waals surface area contributed by atoms with Crippen LogP contribution in [0.25, 0.3) is 33.6 Å². The number of benzene rings is 4. The molecule has 0 bridgehead atoms. The lowest BCUT2D eigenvalue weighted by Crippen LogP contribution is -2.20. The third kappa shape index (κ3) is 14.3. The van der Waals surface area contributed by atoms with Crippen LogP contribution in [0.5, 0.6) is 0 Å². The third-order valence-corrected chi connectivity index (χ3v) is 9.80. The smallest absolute Gasteiger partial charge is 0.141 e. The fraction of sp³-hybridized carbons (Fsp3) is 0.333. The topological polar surface area (TPSA) is 133 Å². The molecule has 59 heavy (non-hydrogen) atoms. The van der Waals surface area contributed by atoms with E-state index in [9.17, 15) is 14.7 Å². The number of aromatic nitrogens is 4. The van der Waals surface area contributed by atoms with E-state index >= 15 is 0 Å². The molecule has 0 radical (unpaired) electrons. The van der Waals surface area contributed by atoms with Crippen molar-refractivity contribution >= 4 is 12.6 Å². The number of H-pyrrole nitrogens is 2. The molecule has 6 aromatic rings. The maximum Gasteiger partial charge on any atom is 0.141 e. The summed E-state index contributed by atoms with van der Waals surface area (Å²) in [6.45, 7) is 4.77. The van der Waals surface area contributed by atoms with Gasteiger partial charge >= 0.3 is 0 Å². The van der Waals surface area contributed by atoms with Gasteiger partial charge < -0.3 is 30.0 Å². The Labute approximate surface area is 350 Å². The second-order valence-corrected chi connectivity index (χ2v) is 15.0. The molecule has 1 saturated heterocycles. The van der Waals surface area contributed by atoms with E-state index in [2.05, 4.69) is 97.6 Å². The molecule has 0 amide bonds. The predicted octanol–water partition coefficient (Wildman–Crippen LogP) is 7.46. The van der Waals surface area contributed by atoms with Crippen LogP contribution >= 0.6 is 0 Å². The van der Waals surface area contributed by atoms with Gasteiger partial charge in [-0.05, 0) is 95.1 Å². The number of aromatic amines is 2. The van der Waals surface area contributed by atoms with Gasteiger partial charge in [0.15, 0.2) is 0 Å². The summed E-state index contributed by atoms with van der Waals surface area (Å²) in [4.78, 5) is 43.0. The van der Waals surface area contributed by atoms with Crippen molar-refractivity contribution < 1.29 is 14.7 Å². The molecule has 3 unspecified atom stereocenters. The molecule has 3 heterocycles. The number of likely N-dealkylation sites (N-methyl/N-ethyl adjacent to an activating group) is 2. The maximum atomic E-state index is 10.7. The molecular weight excluding hydrogens is 737 g/mol. The standard InChI is InChI=1S/C28H34N6O.C10H13NO.C8H8O.C2H7N/c1-4-13-33(2)18-27-29-15-24(31-27)21-9-5-19(6-10-21)20-7-11-22(12-8-20)25-16-30-28(32-25)26-14-23(35)17-34(26)3;1-11(2)10(8-12)9-6-4-3-5-7-9;9-7-6-8-4-2-1-3-5-8;1-3-2/h5-12,15-16,23,26,35H,4,13-14,17-18H2,1-3H3,(H,29,31)(H,30,32);3-8,10H,1-2H3;1-5,7H,6H2;3H,1-2H3. The molecule has 312 valence electrons. The van der Waals surface area contributed by atoms with Crippen molar-refractivity contribution in [2.75, 3.05) is 55.4 Å². The lowest BCUT2D eigenvalue weighted by molar-refractivity contribution is -0.111. The number of carbonyl (C=O) groups excluding carboxylic acids is 2. The number of aldehydes is 2. The molecule has 1 aliphatic rings. The van der Waals surface area contributed by atoms with Gasteiger partial charge in [0.25, 0.3) is 0 Å². The number of β-amino-alcohol motifs (C(OH)–C–C–N with tert-alkyl or cyclic N) is 1. The second-order valence-electron chi connectivity index (χ2n) is 15.0. The van der Waals surface area contributed by atoms with E-state index < -0.39 is 0 Å². The molecule has 3 atom stereocenters. The molecule has 4 N–H and O–H groups in total. The van der Waals surface area contributed by atoms with Crippen LogP contribution in [0, 0.1) is 0 Å². The lowest BCUT2D eigenvalue weighted by atomic mass is 10.0. The predicted molar refractivity (Wildman–Crippen MR) is 240 cm³/mol. The zero-order valence-corrected chi connectivity index (χ0v) is 35.7. The highest BCUT2D eigenvalue weighted by molar-refractivity contribution is 5.71. The van der Waals surface area contributed by atoms with Crippen LogP contribution in [0.1, 0.15) is 54.6 Å². The normalized spacial score (nSPS) is 15.3. The van der Waals surface area contributed by atoms with Crippen molar-refractivity contribution in [2.45, 2.75) is 50.9 Å². The first-order chi connectivity index (χ1) is 28.6. The summed E-state index contributed by atoms with van der Waals surface area (Å²) in [5, 5.41) is 12.7. The van der Waals surface area contributed by atoms with Crippen molar-refractivity contribution in [1.82, 2.24) is 40.0 Å². The molecule has 11 heteroatoms.